The maximum Gasteiger partial charge on any atom is 0.250 e. The quantitative estimate of drug-likeness (QED) is 0.822. The van der Waals surface area contributed by atoms with Gasteiger partial charge in [0.1, 0.15) is 19.0 Å². The predicted octanol–water partition coefficient (Wildman–Crippen LogP) is 2.10. The van der Waals surface area contributed by atoms with E-state index < -0.39 is 0 Å². The lowest BCUT2D eigenvalue weighted by Crippen LogP contribution is -2.29. The molecule has 5 nitrogen and oxygen atoms in total. The van der Waals surface area contributed by atoms with Gasteiger partial charge in [-0.05, 0) is 29.8 Å². The Morgan fingerprint density at radius 1 is 0.913 bits per heavy atom. The Hall–Kier alpha value is -2.73. The maximum atomic E-state index is 12.7. The van der Waals surface area contributed by atoms with Gasteiger partial charge in [-0.1, -0.05) is 30.3 Å². The van der Waals surface area contributed by atoms with Gasteiger partial charge in [0.25, 0.3) is 0 Å². The molecule has 2 amide bonds. The van der Waals surface area contributed by atoms with Gasteiger partial charge < -0.3 is 15.4 Å². The normalized spacial score (nSPS) is 10.1. The van der Waals surface area contributed by atoms with E-state index in [1.54, 1.807) is 36.4 Å². The van der Waals surface area contributed by atoms with Crippen molar-refractivity contribution in [3.05, 3.63) is 66.0 Å². The number of nitrogens with one attached hydrogen (secondary N) is 2. The first-order valence-corrected chi connectivity index (χ1v) is 7.07. The van der Waals surface area contributed by atoms with E-state index in [1.807, 2.05) is 6.07 Å². The van der Waals surface area contributed by atoms with Crippen LogP contribution in [-0.4, -0.2) is 25.0 Å². The van der Waals surface area contributed by atoms with Gasteiger partial charge in [0.05, 0.1) is 0 Å². The van der Waals surface area contributed by atoms with Crippen molar-refractivity contribution in [3.8, 4) is 0 Å². The van der Waals surface area contributed by atoms with Crippen molar-refractivity contribution in [2.45, 2.75) is 6.54 Å². The second-order valence-corrected chi connectivity index (χ2v) is 4.81. The third-order valence-corrected chi connectivity index (χ3v) is 2.93. The fourth-order valence-electron chi connectivity index (χ4n) is 1.81. The minimum atomic E-state index is -0.346. The summed E-state index contributed by atoms with van der Waals surface area (Å²) in [6, 6.07) is 14.8. The van der Waals surface area contributed by atoms with Crippen LogP contribution in [-0.2, 0) is 20.9 Å². The number of hydrogen-bond acceptors (Lipinski definition) is 3. The summed E-state index contributed by atoms with van der Waals surface area (Å²) in [4.78, 5) is 23.2. The zero-order chi connectivity index (χ0) is 16.5. The van der Waals surface area contributed by atoms with Gasteiger partial charge in [-0.15, -0.1) is 0 Å². The Morgan fingerprint density at radius 2 is 1.57 bits per heavy atom. The van der Waals surface area contributed by atoms with Gasteiger partial charge in [-0.2, -0.15) is 0 Å². The number of ether oxygens (including phenoxy) is 1. The van der Waals surface area contributed by atoms with Crippen molar-refractivity contribution in [2.75, 3.05) is 18.5 Å². The van der Waals surface area contributed by atoms with E-state index in [0.29, 0.717) is 5.69 Å². The number of carbonyl (C=O) groups is 2. The smallest absolute Gasteiger partial charge is 0.250 e. The molecule has 0 saturated carbocycles. The zero-order valence-corrected chi connectivity index (χ0v) is 12.4. The lowest BCUT2D eigenvalue weighted by molar-refractivity contribution is -0.128. The molecule has 2 aromatic rings. The largest absolute Gasteiger partial charge is 0.362 e. The summed E-state index contributed by atoms with van der Waals surface area (Å²) in [5.74, 6) is -1.00. The topological polar surface area (TPSA) is 67.4 Å². The third kappa shape index (κ3) is 6.27. The highest BCUT2D eigenvalue weighted by molar-refractivity contribution is 5.91. The highest BCUT2D eigenvalue weighted by Crippen LogP contribution is 2.04. The Kier molecular flexibility index (Phi) is 6.26. The van der Waals surface area contributed by atoms with Gasteiger partial charge in [0, 0.05) is 12.2 Å². The van der Waals surface area contributed by atoms with Gasteiger partial charge >= 0.3 is 0 Å². The van der Waals surface area contributed by atoms with Crippen LogP contribution in [0.4, 0.5) is 10.1 Å². The Balaban J connectivity index is 1.62. The van der Waals surface area contributed by atoms with E-state index in [1.165, 1.54) is 12.1 Å². The SMILES string of the molecule is O=C(COCC(=O)Nc1ccccc1)NCc1ccc(F)cc1. The molecule has 0 radical (unpaired) electrons. The van der Waals surface area contributed by atoms with Gasteiger partial charge in [0.2, 0.25) is 11.8 Å². The maximum absolute atomic E-state index is 12.7. The third-order valence-electron chi connectivity index (χ3n) is 2.93. The van der Waals surface area contributed by atoms with Crippen LogP contribution in [0, 0.1) is 5.82 Å². The molecular formula is C17H17FN2O3. The molecule has 23 heavy (non-hydrogen) atoms. The minimum absolute atomic E-state index is 0.209. The Morgan fingerprint density at radius 3 is 2.26 bits per heavy atom. The summed E-state index contributed by atoms with van der Waals surface area (Å²) in [6.07, 6.45) is 0. The zero-order valence-electron chi connectivity index (χ0n) is 12.4. The number of rotatable bonds is 7. The number of amides is 2. The molecule has 0 aliphatic rings. The molecule has 0 unspecified atom stereocenters. The number of anilines is 1. The minimum Gasteiger partial charge on any atom is -0.362 e. The average Bonchev–Trinajstić information content (AvgIpc) is 2.55. The lowest BCUT2D eigenvalue weighted by atomic mass is 10.2. The van der Waals surface area contributed by atoms with Crippen LogP contribution >= 0.6 is 0 Å². The molecule has 2 rings (SSSR count). The summed E-state index contributed by atoms with van der Waals surface area (Å²) < 4.78 is 17.8. The first-order valence-electron chi connectivity index (χ1n) is 7.07. The van der Waals surface area contributed by atoms with Gasteiger partial charge in [-0.3, -0.25) is 9.59 Å². The van der Waals surface area contributed by atoms with Crippen molar-refractivity contribution >= 4 is 17.5 Å². The fourth-order valence-corrected chi connectivity index (χ4v) is 1.81. The summed E-state index contributed by atoms with van der Waals surface area (Å²) in [7, 11) is 0. The van der Waals surface area contributed by atoms with E-state index in [2.05, 4.69) is 10.6 Å². The molecule has 0 saturated heterocycles. The summed E-state index contributed by atoms with van der Waals surface area (Å²) >= 11 is 0. The van der Waals surface area contributed by atoms with E-state index in [4.69, 9.17) is 4.74 Å². The van der Waals surface area contributed by atoms with Crippen molar-refractivity contribution in [3.63, 3.8) is 0 Å². The Bertz CT molecular complexity index is 645. The second-order valence-electron chi connectivity index (χ2n) is 4.81. The molecule has 2 N–H and O–H groups in total. The first kappa shape index (κ1) is 16.6. The molecule has 120 valence electrons. The van der Waals surface area contributed by atoms with Crippen LogP contribution in [0.15, 0.2) is 54.6 Å². The fraction of sp³-hybridized carbons (Fsp3) is 0.176. The molecule has 0 aliphatic heterocycles. The standard InChI is InChI=1S/C17H17FN2O3/c18-14-8-6-13(7-9-14)10-19-16(21)11-23-12-17(22)20-15-4-2-1-3-5-15/h1-9H,10-12H2,(H,19,21)(H,20,22). The lowest BCUT2D eigenvalue weighted by Gasteiger charge is -2.07. The van der Waals surface area contributed by atoms with Crippen LogP contribution in [0.3, 0.4) is 0 Å². The molecule has 0 spiro atoms. The number of carbonyl (C=O) groups excluding carboxylic acids is 2. The van der Waals surface area contributed by atoms with Crippen molar-refractivity contribution in [2.24, 2.45) is 0 Å². The van der Waals surface area contributed by atoms with E-state index in [9.17, 15) is 14.0 Å². The average molecular weight is 316 g/mol. The summed E-state index contributed by atoms with van der Waals surface area (Å²) in [6.45, 7) is -0.152. The van der Waals surface area contributed by atoms with Crippen LogP contribution in [0.2, 0.25) is 0 Å². The van der Waals surface area contributed by atoms with Crippen molar-refractivity contribution in [1.82, 2.24) is 5.32 Å². The number of hydrogen-bond donors (Lipinski definition) is 2. The van der Waals surface area contributed by atoms with Gasteiger partial charge in [0.15, 0.2) is 0 Å². The van der Waals surface area contributed by atoms with E-state index in [-0.39, 0.29) is 37.4 Å². The number of para-hydroxylation sites is 1. The number of halogens is 1. The predicted molar refractivity (Wildman–Crippen MR) is 84.1 cm³/mol. The highest BCUT2D eigenvalue weighted by atomic mass is 19.1. The molecular weight excluding hydrogens is 299 g/mol. The molecule has 0 bridgehead atoms. The molecule has 0 aliphatic carbocycles. The van der Waals surface area contributed by atoms with Crippen molar-refractivity contribution in [1.29, 1.82) is 0 Å². The molecule has 0 heterocycles. The van der Waals surface area contributed by atoms with Crippen LogP contribution in [0.1, 0.15) is 5.56 Å². The second kappa shape index (κ2) is 8.65. The van der Waals surface area contributed by atoms with Crippen LogP contribution < -0.4 is 10.6 Å². The van der Waals surface area contributed by atoms with Crippen LogP contribution in [0.25, 0.3) is 0 Å². The van der Waals surface area contributed by atoms with E-state index in [0.717, 1.165) is 5.56 Å². The Labute approximate surface area is 133 Å². The summed E-state index contributed by atoms with van der Waals surface area (Å²) in [5, 5.41) is 5.27. The monoisotopic (exact) mass is 316 g/mol. The highest BCUT2D eigenvalue weighted by Gasteiger charge is 2.06. The summed E-state index contributed by atoms with van der Waals surface area (Å²) in [5.41, 5.74) is 1.45. The van der Waals surface area contributed by atoms with Crippen LogP contribution in [0.5, 0.6) is 0 Å². The molecule has 0 fully saturated rings. The molecule has 0 aromatic heterocycles. The van der Waals surface area contributed by atoms with E-state index >= 15 is 0 Å². The molecule has 6 heteroatoms. The van der Waals surface area contributed by atoms with Crippen molar-refractivity contribution < 1.29 is 18.7 Å². The van der Waals surface area contributed by atoms with Gasteiger partial charge in [-0.25, -0.2) is 4.39 Å². The first-order chi connectivity index (χ1) is 11.1. The molecule has 2 aromatic carbocycles. The number of benzene rings is 2. The molecule has 0 atom stereocenters.